The Labute approximate surface area is 119 Å². The van der Waals surface area contributed by atoms with E-state index in [0.29, 0.717) is 25.0 Å². The fourth-order valence-corrected chi connectivity index (χ4v) is 1.38. The van der Waals surface area contributed by atoms with E-state index < -0.39 is 0 Å². The van der Waals surface area contributed by atoms with E-state index in [-0.39, 0.29) is 18.5 Å². The number of likely N-dealkylation sites (N-methyl/N-ethyl adjacent to an activating group) is 2. The fraction of sp³-hybridized carbons (Fsp3) is 0.667. The lowest BCUT2D eigenvalue weighted by Crippen LogP contribution is -2.34. The predicted molar refractivity (Wildman–Crippen MR) is 77.1 cm³/mol. The normalized spacial score (nSPS) is 10.0. The summed E-state index contributed by atoms with van der Waals surface area (Å²) in [6.07, 6.45) is 0.867. The minimum atomic E-state index is -0.117. The second-order valence-corrected chi connectivity index (χ2v) is 4.15. The van der Waals surface area contributed by atoms with Crippen molar-refractivity contribution in [2.24, 2.45) is 0 Å². The topological polar surface area (TPSA) is 92.3 Å². The van der Waals surface area contributed by atoms with Gasteiger partial charge in [-0.25, -0.2) is 0 Å². The summed E-state index contributed by atoms with van der Waals surface area (Å²) in [5.74, 6) is 0.715. The van der Waals surface area contributed by atoms with Crippen molar-refractivity contribution in [3.8, 4) is 6.01 Å². The zero-order valence-electron chi connectivity index (χ0n) is 12.4. The molecule has 0 bridgehead atoms. The fourth-order valence-electron chi connectivity index (χ4n) is 1.38. The molecular formula is C12H22N6O2. The van der Waals surface area contributed by atoms with E-state index in [1.807, 2.05) is 13.8 Å². The van der Waals surface area contributed by atoms with Crippen LogP contribution in [0.4, 0.5) is 11.9 Å². The summed E-state index contributed by atoms with van der Waals surface area (Å²) in [6.45, 7) is 5.35. The van der Waals surface area contributed by atoms with Gasteiger partial charge in [0.1, 0.15) is 0 Å². The van der Waals surface area contributed by atoms with Crippen molar-refractivity contribution >= 4 is 17.8 Å². The number of amides is 1. The minimum Gasteiger partial charge on any atom is -0.463 e. The molecule has 0 fully saturated rings. The van der Waals surface area contributed by atoms with Gasteiger partial charge in [-0.1, -0.05) is 6.92 Å². The van der Waals surface area contributed by atoms with Gasteiger partial charge in [-0.05, 0) is 13.3 Å². The lowest BCUT2D eigenvalue weighted by molar-refractivity contribution is -0.119. The first kappa shape index (κ1) is 15.9. The Balaban J connectivity index is 2.91. The Morgan fingerprint density at radius 2 is 2.05 bits per heavy atom. The van der Waals surface area contributed by atoms with E-state index in [0.717, 1.165) is 6.42 Å². The third kappa shape index (κ3) is 4.87. The molecule has 0 aliphatic heterocycles. The monoisotopic (exact) mass is 282 g/mol. The van der Waals surface area contributed by atoms with Gasteiger partial charge in [-0.15, -0.1) is 0 Å². The number of anilines is 2. The molecule has 0 unspecified atom stereocenters. The van der Waals surface area contributed by atoms with Crippen LogP contribution in [0.1, 0.15) is 20.3 Å². The van der Waals surface area contributed by atoms with E-state index in [1.54, 1.807) is 19.0 Å². The van der Waals surface area contributed by atoms with Gasteiger partial charge in [0.05, 0.1) is 13.2 Å². The van der Waals surface area contributed by atoms with Gasteiger partial charge < -0.3 is 20.3 Å². The molecule has 8 heteroatoms. The molecule has 1 aromatic rings. The van der Waals surface area contributed by atoms with E-state index in [2.05, 4.69) is 25.6 Å². The van der Waals surface area contributed by atoms with Crippen LogP contribution in [0, 0.1) is 0 Å². The number of nitrogens with zero attached hydrogens (tertiary/aromatic N) is 4. The predicted octanol–water partition coefficient (Wildman–Crippen LogP) is 0.274. The molecule has 112 valence electrons. The molecule has 1 aromatic heterocycles. The Hall–Kier alpha value is -2.12. The quantitative estimate of drug-likeness (QED) is 0.707. The van der Waals surface area contributed by atoms with E-state index in [1.165, 1.54) is 0 Å². The second kappa shape index (κ2) is 8.13. The smallest absolute Gasteiger partial charge is 0.323 e. The van der Waals surface area contributed by atoms with Gasteiger partial charge in [0, 0.05) is 20.6 Å². The maximum absolute atomic E-state index is 11.4. The summed E-state index contributed by atoms with van der Waals surface area (Å²) in [5, 5.41) is 5.57. The van der Waals surface area contributed by atoms with Crippen molar-refractivity contribution in [2.45, 2.75) is 20.3 Å². The van der Waals surface area contributed by atoms with Crippen LogP contribution in [0.5, 0.6) is 6.01 Å². The number of rotatable bonds is 8. The van der Waals surface area contributed by atoms with Crippen molar-refractivity contribution < 1.29 is 9.53 Å². The molecule has 8 nitrogen and oxygen atoms in total. The van der Waals surface area contributed by atoms with Crippen LogP contribution >= 0.6 is 0 Å². The van der Waals surface area contributed by atoms with Gasteiger partial charge in [0.15, 0.2) is 0 Å². The van der Waals surface area contributed by atoms with Crippen LogP contribution in [0.15, 0.2) is 0 Å². The van der Waals surface area contributed by atoms with Crippen molar-refractivity contribution in [3.63, 3.8) is 0 Å². The van der Waals surface area contributed by atoms with Gasteiger partial charge >= 0.3 is 6.01 Å². The van der Waals surface area contributed by atoms with Crippen LogP contribution in [0.25, 0.3) is 0 Å². The molecule has 1 heterocycles. The number of carbonyl (C=O) groups is 1. The molecular weight excluding hydrogens is 260 g/mol. The molecule has 0 saturated carbocycles. The highest BCUT2D eigenvalue weighted by Crippen LogP contribution is 2.14. The number of ether oxygens (including phenoxy) is 1. The Bertz CT molecular complexity index is 440. The molecule has 1 amide bonds. The lowest BCUT2D eigenvalue weighted by Gasteiger charge is -2.17. The molecule has 0 spiro atoms. The average molecular weight is 282 g/mol. The molecule has 0 saturated heterocycles. The molecule has 0 radical (unpaired) electrons. The van der Waals surface area contributed by atoms with Crippen molar-refractivity contribution in [3.05, 3.63) is 0 Å². The first-order valence-corrected chi connectivity index (χ1v) is 6.65. The van der Waals surface area contributed by atoms with Crippen LogP contribution in [0.3, 0.4) is 0 Å². The number of hydrogen-bond donors (Lipinski definition) is 2. The van der Waals surface area contributed by atoms with E-state index in [9.17, 15) is 4.79 Å². The zero-order valence-corrected chi connectivity index (χ0v) is 12.4. The Morgan fingerprint density at radius 1 is 1.30 bits per heavy atom. The van der Waals surface area contributed by atoms with E-state index >= 15 is 0 Å². The Morgan fingerprint density at radius 3 is 2.65 bits per heavy atom. The van der Waals surface area contributed by atoms with Crippen LogP contribution in [-0.4, -0.2) is 54.7 Å². The molecule has 1 rings (SSSR count). The minimum absolute atomic E-state index is 0.117. The molecule has 0 aliphatic carbocycles. The zero-order chi connectivity index (χ0) is 15.0. The highest BCUT2D eigenvalue weighted by molar-refractivity contribution is 5.80. The number of carbonyl (C=O) groups excluding carboxylic acids is 1. The van der Waals surface area contributed by atoms with Gasteiger partial charge in [0.25, 0.3) is 0 Å². The van der Waals surface area contributed by atoms with Crippen molar-refractivity contribution in [1.82, 2.24) is 20.3 Å². The molecule has 20 heavy (non-hydrogen) atoms. The van der Waals surface area contributed by atoms with Crippen LogP contribution < -0.4 is 20.3 Å². The largest absolute Gasteiger partial charge is 0.463 e. The molecule has 2 N–H and O–H groups in total. The number of nitrogens with one attached hydrogen (secondary N) is 2. The molecule has 0 aromatic carbocycles. The number of aromatic nitrogens is 3. The SMILES string of the molecule is CCCOc1nc(NCC)nc(N(C)CC(=O)NC)n1. The number of hydrogen-bond acceptors (Lipinski definition) is 7. The molecule has 0 atom stereocenters. The summed E-state index contributed by atoms with van der Waals surface area (Å²) in [4.78, 5) is 25.6. The highest BCUT2D eigenvalue weighted by Gasteiger charge is 2.13. The van der Waals surface area contributed by atoms with Crippen molar-refractivity contribution in [1.29, 1.82) is 0 Å². The third-order valence-electron chi connectivity index (χ3n) is 2.37. The lowest BCUT2D eigenvalue weighted by atomic mass is 10.5. The van der Waals surface area contributed by atoms with Crippen LogP contribution in [0.2, 0.25) is 0 Å². The highest BCUT2D eigenvalue weighted by atomic mass is 16.5. The summed E-state index contributed by atoms with van der Waals surface area (Å²) < 4.78 is 5.43. The van der Waals surface area contributed by atoms with Gasteiger partial charge in [-0.2, -0.15) is 15.0 Å². The maximum atomic E-state index is 11.4. The first-order valence-electron chi connectivity index (χ1n) is 6.65. The maximum Gasteiger partial charge on any atom is 0.323 e. The summed E-state index contributed by atoms with van der Waals surface area (Å²) in [5.41, 5.74) is 0. The average Bonchev–Trinajstić information content (AvgIpc) is 2.45. The second-order valence-electron chi connectivity index (χ2n) is 4.15. The standard InChI is InChI=1S/C12H22N6O2/c1-5-7-20-12-16-10(14-6-2)15-11(17-12)18(4)8-9(19)13-3/h5-8H2,1-4H3,(H,13,19)(H,14,15,16,17). The van der Waals surface area contributed by atoms with Crippen molar-refractivity contribution in [2.75, 3.05) is 44.0 Å². The van der Waals surface area contributed by atoms with Gasteiger partial charge in [-0.3, -0.25) is 4.79 Å². The first-order chi connectivity index (χ1) is 9.60. The summed E-state index contributed by atoms with van der Waals surface area (Å²) in [7, 11) is 3.33. The molecule has 0 aliphatic rings. The summed E-state index contributed by atoms with van der Waals surface area (Å²) in [6, 6.07) is 0.261. The summed E-state index contributed by atoms with van der Waals surface area (Å²) >= 11 is 0. The van der Waals surface area contributed by atoms with Gasteiger partial charge in [0.2, 0.25) is 17.8 Å². The van der Waals surface area contributed by atoms with Crippen LogP contribution in [-0.2, 0) is 4.79 Å². The Kier molecular flexibility index (Phi) is 6.48. The third-order valence-corrected chi connectivity index (χ3v) is 2.37. The van der Waals surface area contributed by atoms with E-state index in [4.69, 9.17) is 4.74 Å².